The number of thiophene rings is 1. The van der Waals surface area contributed by atoms with Gasteiger partial charge in [0.1, 0.15) is 5.60 Å². The highest BCUT2D eigenvalue weighted by atomic mass is 35.5. The highest BCUT2D eigenvalue weighted by Gasteiger charge is 2.12. The number of rotatable bonds is 4. The molecule has 1 aromatic heterocycles. The van der Waals surface area contributed by atoms with Crippen molar-refractivity contribution >= 4 is 35.2 Å². The van der Waals surface area contributed by atoms with E-state index in [1.807, 2.05) is 63.2 Å². The Balaban J connectivity index is 1.97. The third-order valence-corrected chi connectivity index (χ3v) is 3.73. The Morgan fingerprint density at radius 2 is 1.90 bits per heavy atom. The van der Waals surface area contributed by atoms with Gasteiger partial charge in [0.05, 0.1) is 0 Å². The van der Waals surface area contributed by atoms with E-state index in [1.54, 1.807) is 23.8 Å². The molecule has 0 unspecified atom stereocenters. The van der Waals surface area contributed by atoms with Crippen LogP contribution in [0.4, 0.5) is 0 Å². The minimum atomic E-state index is -0.173. The summed E-state index contributed by atoms with van der Waals surface area (Å²) in [7, 11) is 0. The van der Waals surface area contributed by atoms with Crippen molar-refractivity contribution in [2.45, 2.75) is 26.4 Å². The zero-order valence-corrected chi connectivity index (χ0v) is 13.9. The average Bonchev–Trinajstić information content (AvgIpc) is 2.82. The van der Waals surface area contributed by atoms with Crippen molar-refractivity contribution in [3.05, 3.63) is 58.1 Å². The first kappa shape index (κ1) is 15.8. The fourth-order valence-electron chi connectivity index (χ4n) is 1.60. The summed E-state index contributed by atoms with van der Waals surface area (Å²) in [6.07, 6.45) is 5.46. The van der Waals surface area contributed by atoms with Crippen LogP contribution in [-0.2, 0) is 0 Å². The van der Waals surface area contributed by atoms with E-state index in [0.717, 1.165) is 15.5 Å². The molecule has 1 heterocycles. The number of hydrogen-bond donors (Lipinski definition) is 0. The largest absolute Gasteiger partial charge is 0.479 e. The standard InChI is InChI=1S/C17H18ClNOS/c1-17(2,3)20-16-9-8-14(21-16)10-11-19-12-13-6-4-5-7-15(13)18/h4-12H,1-3H3. The van der Waals surface area contributed by atoms with Gasteiger partial charge in [-0.3, -0.25) is 4.99 Å². The first-order chi connectivity index (χ1) is 9.94. The number of halogens is 1. The molecule has 0 aliphatic heterocycles. The first-order valence-electron chi connectivity index (χ1n) is 6.67. The van der Waals surface area contributed by atoms with Gasteiger partial charge in [-0.2, -0.15) is 0 Å². The zero-order chi connectivity index (χ0) is 15.3. The second-order valence-corrected chi connectivity index (χ2v) is 6.97. The van der Waals surface area contributed by atoms with Crippen LogP contribution < -0.4 is 4.74 Å². The van der Waals surface area contributed by atoms with Crippen molar-refractivity contribution in [3.8, 4) is 5.06 Å². The van der Waals surface area contributed by atoms with Gasteiger partial charge in [-0.1, -0.05) is 41.1 Å². The van der Waals surface area contributed by atoms with Crippen LogP contribution in [0.25, 0.3) is 6.08 Å². The second-order valence-electron chi connectivity index (χ2n) is 5.49. The van der Waals surface area contributed by atoms with Gasteiger partial charge >= 0.3 is 0 Å². The fraction of sp³-hybridized carbons (Fsp3) is 0.235. The molecule has 0 radical (unpaired) electrons. The van der Waals surface area contributed by atoms with Crippen LogP contribution in [0, 0.1) is 0 Å². The number of hydrogen-bond acceptors (Lipinski definition) is 3. The Kier molecular flexibility index (Phi) is 5.21. The molecule has 0 aliphatic rings. The second kappa shape index (κ2) is 6.92. The minimum absolute atomic E-state index is 0.173. The summed E-state index contributed by atoms with van der Waals surface area (Å²) in [5, 5.41) is 1.61. The third kappa shape index (κ3) is 5.37. The molecule has 0 amide bonds. The highest BCUT2D eigenvalue weighted by Crippen LogP contribution is 2.28. The Bertz CT molecular complexity index is 653. The summed E-state index contributed by atoms with van der Waals surface area (Å²) in [5.41, 5.74) is 0.736. The van der Waals surface area contributed by atoms with Gasteiger partial charge in [-0.15, -0.1) is 0 Å². The lowest BCUT2D eigenvalue weighted by Crippen LogP contribution is -2.22. The van der Waals surface area contributed by atoms with Crippen molar-refractivity contribution in [1.29, 1.82) is 0 Å². The van der Waals surface area contributed by atoms with Gasteiger partial charge in [-0.05, 0) is 45.0 Å². The van der Waals surface area contributed by atoms with Crippen LogP contribution >= 0.6 is 22.9 Å². The normalized spacial score (nSPS) is 12.4. The molecule has 21 heavy (non-hydrogen) atoms. The lowest BCUT2D eigenvalue weighted by atomic mass is 10.2. The van der Waals surface area contributed by atoms with Crippen LogP contribution in [0.2, 0.25) is 5.02 Å². The van der Waals surface area contributed by atoms with E-state index in [2.05, 4.69) is 4.99 Å². The Morgan fingerprint density at radius 3 is 2.62 bits per heavy atom. The monoisotopic (exact) mass is 319 g/mol. The van der Waals surface area contributed by atoms with Gasteiger partial charge < -0.3 is 4.74 Å². The minimum Gasteiger partial charge on any atom is -0.479 e. The molecule has 110 valence electrons. The van der Waals surface area contributed by atoms with Gasteiger partial charge in [0, 0.05) is 27.9 Å². The van der Waals surface area contributed by atoms with Crippen molar-refractivity contribution in [2.75, 3.05) is 0 Å². The summed E-state index contributed by atoms with van der Waals surface area (Å²) in [6.45, 7) is 6.11. The van der Waals surface area contributed by atoms with E-state index in [-0.39, 0.29) is 5.60 Å². The number of nitrogens with zero attached hydrogens (tertiary/aromatic N) is 1. The lowest BCUT2D eigenvalue weighted by molar-refractivity contribution is 0.136. The molecule has 0 atom stereocenters. The van der Waals surface area contributed by atoms with Crippen molar-refractivity contribution in [3.63, 3.8) is 0 Å². The third-order valence-electron chi connectivity index (χ3n) is 2.45. The quantitative estimate of drug-likeness (QED) is 0.665. The molecule has 1 aromatic carbocycles. The highest BCUT2D eigenvalue weighted by molar-refractivity contribution is 7.14. The smallest absolute Gasteiger partial charge is 0.175 e. The summed E-state index contributed by atoms with van der Waals surface area (Å²) in [6, 6.07) is 11.6. The molecule has 0 aliphatic carbocycles. The van der Waals surface area contributed by atoms with E-state index in [9.17, 15) is 0 Å². The van der Waals surface area contributed by atoms with Gasteiger partial charge in [0.2, 0.25) is 0 Å². The molecule has 2 rings (SSSR count). The summed E-state index contributed by atoms with van der Waals surface area (Å²) in [4.78, 5) is 5.36. The predicted octanol–water partition coefficient (Wildman–Crippen LogP) is 5.67. The maximum absolute atomic E-state index is 6.06. The Morgan fingerprint density at radius 1 is 1.14 bits per heavy atom. The molecular formula is C17H18ClNOS. The molecule has 0 spiro atoms. The molecule has 2 nitrogen and oxygen atoms in total. The Labute approximate surface area is 134 Å². The maximum Gasteiger partial charge on any atom is 0.175 e. The molecule has 0 saturated heterocycles. The topological polar surface area (TPSA) is 21.6 Å². The summed E-state index contributed by atoms with van der Waals surface area (Å²) in [5.74, 6) is 0. The van der Waals surface area contributed by atoms with E-state index in [1.165, 1.54) is 0 Å². The summed E-state index contributed by atoms with van der Waals surface area (Å²) >= 11 is 7.66. The van der Waals surface area contributed by atoms with Crippen LogP contribution in [0.5, 0.6) is 5.06 Å². The van der Waals surface area contributed by atoms with Crippen molar-refractivity contribution in [1.82, 2.24) is 0 Å². The number of aliphatic imine (C=N–C) groups is 1. The van der Waals surface area contributed by atoms with Crippen LogP contribution in [-0.4, -0.2) is 11.8 Å². The summed E-state index contributed by atoms with van der Waals surface area (Å²) < 4.78 is 5.80. The first-order valence-corrected chi connectivity index (χ1v) is 7.87. The van der Waals surface area contributed by atoms with Crippen LogP contribution in [0.1, 0.15) is 31.2 Å². The molecule has 0 bridgehead atoms. The van der Waals surface area contributed by atoms with Gasteiger partial charge in [-0.25, -0.2) is 0 Å². The van der Waals surface area contributed by atoms with E-state index < -0.39 is 0 Å². The molecule has 2 aromatic rings. The van der Waals surface area contributed by atoms with Gasteiger partial charge in [0.25, 0.3) is 0 Å². The SMILES string of the molecule is CC(C)(C)Oc1ccc(C=CN=Cc2ccccc2Cl)s1. The Hall–Kier alpha value is -1.58. The van der Waals surface area contributed by atoms with E-state index in [0.29, 0.717) is 5.02 Å². The van der Waals surface area contributed by atoms with Gasteiger partial charge in [0.15, 0.2) is 5.06 Å². The van der Waals surface area contributed by atoms with E-state index >= 15 is 0 Å². The zero-order valence-electron chi connectivity index (χ0n) is 12.3. The van der Waals surface area contributed by atoms with E-state index in [4.69, 9.17) is 16.3 Å². The predicted molar refractivity (Wildman–Crippen MR) is 92.8 cm³/mol. The molecular weight excluding hydrogens is 302 g/mol. The van der Waals surface area contributed by atoms with Crippen molar-refractivity contribution in [2.24, 2.45) is 4.99 Å². The molecule has 0 N–H and O–H groups in total. The molecule has 0 fully saturated rings. The number of benzene rings is 1. The van der Waals surface area contributed by atoms with Crippen LogP contribution in [0.3, 0.4) is 0 Å². The lowest BCUT2D eigenvalue weighted by Gasteiger charge is -2.19. The van der Waals surface area contributed by atoms with Crippen LogP contribution in [0.15, 0.2) is 47.6 Å². The average molecular weight is 320 g/mol. The molecule has 0 saturated carbocycles. The molecule has 4 heteroatoms. The fourth-order valence-corrected chi connectivity index (χ4v) is 2.71. The number of ether oxygens (including phenoxy) is 1. The maximum atomic E-state index is 6.06. The van der Waals surface area contributed by atoms with Crippen molar-refractivity contribution < 1.29 is 4.74 Å².